The molecule has 0 heterocycles. The molecule has 0 aliphatic rings. The Morgan fingerprint density at radius 1 is 1.14 bits per heavy atom. The number of anilines is 1. The fourth-order valence-electron chi connectivity index (χ4n) is 2.87. The number of carbonyl (C=O) groups excluding carboxylic acids is 2. The number of nitrogens with one attached hydrogen (secondary N) is 2. The molecule has 1 atom stereocenters. The number of rotatable bonds is 8. The van der Waals surface area contributed by atoms with Crippen LogP contribution in [-0.4, -0.2) is 29.5 Å². The van der Waals surface area contributed by atoms with Gasteiger partial charge in [0.05, 0.1) is 30.3 Å². The van der Waals surface area contributed by atoms with Crippen molar-refractivity contribution in [3.05, 3.63) is 59.2 Å². The molecule has 0 bridgehead atoms. The minimum absolute atomic E-state index is 0.0131. The van der Waals surface area contributed by atoms with Crippen molar-refractivity contribution in [1.29, 1.82) is 0 Å². The van der Waals surface area contributed by atoms with E-state index in [0.717, 1.165) is 5.56 Å². The summed E-state index contributed by atoms with van der Waals surface area (Å²) in [6, 6.07) is 11.3. The fourth-order valence-corrected chi connectivity index (χ4v) is 2.87. The second-order valence-electron chi connectivity index (χ2n) is 6.33. The van der Waals surface area contributed by atoms with E-state index in [2.05, 4.69) is 10.6 Å². The van der Waals surface area contributed by atoms with Gasteiger partial charge in [-0.05, 0) is 32.0 Å². The Bertz CT molecular complexity index is 879. The average molecular weight is 384 g/mol. The lowest BCUT2D eigenvalue weighted by molar-refractivity contribution is -0.120. The van der Waals surface area contributed by atoms with Gasteiger partial charge in [-0.15, -0.1) is 0 Å². The molecule has 0 radical (unpaired) electrons. The normalized spacial score (nSPS) is 11.4. The summed E-state index contributed by atoms with van der Waals surface area (Å²) in [4.78, 5) is 35.7. The summed E-state index contributed by atoms with van der Waals surface area (Å²) in [5.74, 6) is -1.25. The fraction of sp³-hybridized carbons (Fsp3) is 0.286. The van der Waals surface area contributed by atoms with Gasteiger partial charge in [0.2, 0.25) is 11.8 Å². The van der Waals surface area contributed by atoms with Gasteiger partial charge in [-0.1, -0.05) is 29.8 Å². The topological polar surface area (TPSA) is 105 Å². The summed E-state index contributed by atoms with van der Waals surface area (Å²) < 4.78 is 5.60. The van der Waals surface area contributed by atoms with E-state index >= 15 is 0 Å². The number of amides is 2. The van der Waals surface area contributed by atoms with E-state index in [1.807, 2.05) is 13.0 Å². The van der Waals surface area contributed by atoms with Crippen LogP contribution in [0.1, 0.15) is 47.8 Å². The van der Waals surface area contributed by atoms with Gasteiger partial charge in [0.1, 0.15) is 5.75 Å². The molecule has 0 aliphatic heterocycles. The predicted octanol–water partition coefficient (Wildman–Crippen LogP) is 3.30. The Kier molecular flexibility index (Phi) is 7.14. The summed E-state index contributed by atoms with van der Waals surface area (Å²) in [5, 5.41) is 14.7. The SMILES string of the molecule is CCOc1ccccc1C(CC(=O)Nc1ccc(C)cc1C(=O)O)NC(C)=O. The van der Waals surface area contributed by atoms with Crippen molar-refractivity contribution >= 4 is 23.5 Å². The van der Waals surface area contributed by atoms with E-state index in [0.29, 0.717) is 17.9 Å². The van der Waals surface area contributed by atoms with Crippen molar-refractivity contribution in [2.24, 2.45) is 0 Å². The Morgan fingerprint density at radius 2 is 1.86 bits per heavy atom. The van der Waals surface area contributed by atoms with Crippen LogP contribution < -0.4 is 15.4 Å². The molecule has 0 aliphatic carbocycles. The zero-order valence-corrected chi connectivity index (χ0v) is 16.1. The molecule has 0 saturated heterocycles. The number of aromatic carboxylic acids is 1. The van der Waals surface area contributed by atoms with E-state index in [1.54, 1.807) is 37.3 Å². The van der Waals surface area contributed by atoms with E-state index in [9.17, 15) is 19.5 Å². The molecule has 28 heavy (non-hydrogen) atoms. The molecule has 2 aromatic rings. The lowest BCUT2D eigenvalue weighted by atomic mass is 10.0. The molecule has 0 aromatic heterocycles. The first-order chi connectivity index (χ1) is 13.3. The van der Waals surface area contributed by atoms with Crippen LogP contribution in [-0.2, 0) is 9.59 Å². The highest BCUT2D eigenvalue weighted by molar-refractivity contribution is 6.01. The standard InChI is InChI=1S/C21H24N2O5/c1-4-28-19-8-6-5-7-15(19)18(22-14(3)24)12-20(25)23-17-10-9-13(2)11-16(17)21(26)27/h5-11,18H,4,12H2,1-3H3,(H,22,24)(H,23,25)(H,26,27). The molecule has 3 N–H and O–H groups in total. The van der Waals surface area contributed by atoms with Gasteiger partial charge in [-0.3, -0.25) is 9.59 Å². The largest absolute Gasteiger partial charge is 0.494 e. The van der Waals surface area contributed by atoms with Crippen LogP contribution in [0.15, 0.2) is 42.5 Å². The molecule has 7 heteroatoms. The summed E-state index contributed by atoms with van der Waals surface area (Å²) in [6.07, 6.45) is -0.0728. The monoisotopic (exact) mass is 384 g/mol. The highest BCUT2D eigenvalue weighted by Gasteiger charge is 2.22. The zero-order chi connectivity index (χ0) is 20.7. The maximum absolute atomic E-state index is 12.6. The molecule has 2 aromatic carbocycles. The number of para-hydroxylation sites is 1. The molecule has 1 unspecified atom stereocenters. The first-order valence-corrected chi connectivity index (χ1v) is 8.94. The molecule has 7 nitrogen and oxygen atoms in total. The van der Waals surface area contributed by atoms with E-state index in [4.69, 9.17) is 4.74 Å². The van der Waals surface area contributed by atoms with E-state index < -0.39 is 17.9 Å². The number of hydrogen-bond acceptors (Lipinski definition) is 4. The Balaban J connectivity index is 2.25. The molecule has 0 spiro atoms. The summed E-state index contributed by atoms with van der Waals surface area (Å²) in [6.45, 7) is 5.44. The summed E-state index contributed by atoms with van der Waals surface area (Å²) >= 11 is 0. The minimum Gasteiger partial charge on any atom is -0.494 e. The first-order valence-electron chi connectivity index (χ1n) is 8.94. The lowest BCUT2D eigenvalue weighted by Gasteiger charge is -2.21. The van der Waals surface area contributed by atoms with E-state index in [1.165, 1.54) is 13.0 Å². The molecular formula is C21H24N2O5. The number of carboxylic acid groups (broad SMARTS) is 1. The smallest absolute Gasteiger partial charge is 0.337 e. The van der Waals surface area contributed by atoms with Gasteiger partial charge in [0, 0.05) is 12.5 Å². The molecule has 0 saturated carbocycles. The van der Waals surface area contributed by atoms with Gasteiger partial charge in [0.25, 0.3) is 0 Å². The number of ether oxygens (including phenoxy) is 1. The van der Waals surface area contributed by atoms with Gasteiger partial charge >= 0.3 is 5.97 Å². The van der Waals surface area contributed by atoms with Crippen molar-refractivity contribution in [3.63, 3.8) is 0 Å². The number of benzene rings is 2. The summed E-state index contributed by atoms with van der Waals surface area (Å²) in [5.41, 5.74) is 1.68. The van der Waals surface area contributed by atoms with Crippen LogP contribution in [0.4, 0.5) is 5.69 Å². The van der Waals surface area contributed by atoms with Gasteiger partial charge in [0.15, 0.2) is 0 Å². The van der Waals surface area contributed by atoms with Crippen molar-refractivity contribution < 1.29 is 24.2 Å². The van der Waals surface area contributed by atoms with Crippen LogP contribution in [0.2, 0.25) is 0 Å². The van der Waals surface area contributed by atoms with Crippen LogP contribution in [0.3, 0.4) is 0 Å². The van der Waals surface area contributed by atoms with Crippen molar-refractivity contribution in [3.8, 4) is 5.75 Å². The molecule has 0 fully saturated rings. The van der Waals surface area contributed by atoms with Crippen molar-refractivity contribution in [1.82, 2.24) is 5.32 Å². The number of carboxylic acids is 1. The van der Waals surface area contributed by atoms with Gasteiger partial charge in [-0.25, -0.2) is 4.79 Å². The second-order valence-corrected chi connectivity index (χ2v) is 6.33. The number of aryl methyl sites for hydroxylation is 1. The van der Waals surface area contributed by atoms with Crippen LogP contribution in [0.5, 0.6) is 5.75 Å². The van der Waals surface area contributed by atoms with E-state index in [-0.39, 0.29) is 23.6 Å². The van der Waals surface area contributed by atoms with Crippen molar-refractivity contribution in [2.45, 2.75) is 33.2 Å². The predicted molar refractivity (Wildman–Crippen MR) is 106 cm³/mol. The lowest BCUT2D eigenvalue weighted by Crippen LogP contribution is -2.30. The molecular weight excluding hydrogens is 360 g/mol. The van der Waals surface area contributed by atoms with Crippen molar-refractivity contribution in [2.75, 3.05) is 11.9 Å². The highest BCUT2D eigenvalue weighted by Crippen LogP contribution is 2.28. The average Bonchev–Trinajstić information content (AvgIpc) is 2.63. The zero-order valence-electron chi connectivity index (χ0n) is 16.1. The number of carbonyl (C=O) groups is 3. The minimum atomic E-state index is -1.13. The highest BCUT2D eigenvalue weighted by atomic mass is 16.5. The quantitative estimate of drug-likeness (QED) is 0.648. The number of hydrogen-bond donors (Lipinski definition) is 3. The van der Waals surface area contributed by atoms with Crippen LogP contribution >= 0.6 is 0 Å². The Hall–Kier alpha value is -3.35. The Morgan fingerprint density at radius 3 is 2.50 bits per heavy atom. The maximum atomic E-state index is 12.6. The third kappa shape index (κ3) is 5.57. The third-order valence-corrected chi connectivity index (χ3v) is 4.04. The van der Waals surface area contributed by atoms with Gasteiger partial charge in [-0.2, -0.15) is 0 Å². The molecule has 148 valence electrons. The Labute approximate surface area is 163 Å². The van der Waals surface area contributed by atoms with Crippen LogP contribution in [0.25, 0.3) is 0 Å². The third-order valence-electron chi connectivity index (χ3n) is 4.04. The molecule has 2 rings (SSSR count). The maximum Gasteiger partial charge on any atom is 0.337 e. The summed E-state index contributed by atoms with van der Waals surface area (Å²) in [7, 11) is 0. The van der Waals surface area contributed by atoms with Crippen LogP contribution in [0, 0.1) is 6.92 Å². The first kappa shape index (κ1) is 21.0. The van der Waals surface area contributed by atoms with Gasteiger partial charge < -0.3 is 20.5 Å². The second kappa shape index (κ2) is 9.55. The molecule has 2 amide bonds.